The highest BCUT2D eigenvalue weighted by molar-refractivity contribution is 7.22. The van der Waals surface area contributed by atoms with Crippen molar-refractivity contribution in [3.8, 4) is 17.1 Å². The van der Waals surface area contributed by atoms with E-state index in [1.54, 1.807) is 18.0 Å². The number of hydrogen-bond acceptors (Lipinski definition) is 9. The van der Waals surface area contributed by atoms with Crippen molar-refractivity contribution < 1.29 is 18.3 Å². The molecule has 4 aromatic rings. The molecule has 5 heterocycles. The average Bonchev–Trinajstić information content (AvgIpc) is 3.60. The predicted octanol–water partition coefficient (Wildman–Crippen LogP) is 4.36. The Hall–Kier alpha value is -3.35. The quantitative estimate of drug-likeness (QED) is 0.356. The zero-order valence-electron chi connectivity index (χ0n) is 21.6. The van der Waals surface area contributed by atoms with E-state index < -0.39 is 11.6 Å². The lowest BCUT2D eigenvalue weighted by molar-refractivity contribution is -0.127. The zero-order valence-corrected chi connectivity index (χ0v) is 23.2. The van der Waals surface area contributed by atoms with Crippen molar-refractivity contribution in [1.29, 1.82) is 0 Å². The van der Waals surface area contributed by atoms with Gasteiger partial charge in [-0.25, -0.2) is 13.8 Å². The number of halogens is 3. The number of nitrogens with two attached hydrogens (primary N) is 1. The minimum atomic E-state index is -0.679. The van der Waals surface area contributed by atoms with Crippen LogP contribution in [0.1, 0.15) is 25.7 Å². The average molecular weight is 586 g/mol. The van der Waals surface area contributed by atoms with Gasteiger partial charge in [-0.05, 0) is 37.5 Å². The van der Waals surface area contributed by atoms with E-state index in [4.69, 9.17) is 27.1 Å². The summed E-state index contributed by atoms with van der Waals surface area (Å²) in [7, 11) is 1.75. The first-order valence-electron chi connectivity index (χ1n) is 13.2. The van der Waals surface area contributed by atoms with Gasteiger partial charge < -0.3 is 25.6 Å². The second-order valence-electron chi connectivity index (χ2n) is 10.6. The summed E-state index contributed by atoms with van der Waals surface area (Å²) in [5.41, 5.74) is 6.53. The SMILES string of the molecule is CN1C(=O)CCC1COc1nc(N2CC3CCC(C2)N3)c2cc(Cl)c(-c3ccc(F)c4sc(N)nc34)c(F)c2n1. The maximum atomic E-state index is 16.5. The van der Waals surface area contributed by atoms with Crippen LogP contribution in [0.5, 0.6) is 6.01 Å². The number of carbonyl (C=O) groups excluding carboxylic acids is 1. The standard InChI is InChI=1S/C27H26ClF2N7O2S/c1-36-14(4-7-19(36)38)11-39-27-34-22-16(25(35-27)37-9-12-2-3-13(10-37)32-12)8-17(28)20(21(22)30)15-5-6-18(29)24-23(15)33-26(31)40-24/h5-6,8,12-14,32H,2-4,7,9-11H2,1H3,(H2,31,33). The first-order chi connectivity index (χ1) is 19.3. The molecule has 208 valence electrons. The Bertz CT molecular complexity index is 1670. The number of nitrogens with zero attached hydrogens (tertiary/aromatic N) is 5. The van der Waals surface area contributed by atoms with E-state index in [-0.39, 0.29) is 56.0 Å². The van der Waals surface area contributed by atoms with Gasteiger partial charge in [-0.1, -0.05) is 22.9 Å². The van der Waals surface area contributed by atoms with Crippen LogP contribution in [0, 0.1) is 11.6 Å². The van der Waals surface area contributed by atoms with Crippen LogP contribution >= 0.6 is 22.9 Å². The van der Waals surface area contributed by atoms with Crippen LogP contribution in [0.25, 0.3) is 32.2 Å². The summed E-state index contributed by atoms with van der Waals surface area (Å²) in [5.74, 6) is -0.566. The summed E-state index contributed by atoms with van der Waals surface area (Å²) in [6.07, 6.45) is 3.25. The van der Waals surface area contributed by atoms with E-state index in [0.29, 0.717) is 54.8 Å². The third-order valence-electron chi connectivity index (χ3n) is 8.18. The minimum absolute atomic E-state index is 0.0236. The molecule has 13 heteroatoms. The van der Waals surface area contributed by atoms with Gasteiger partial charge in [0.15, 0.2) is 10.9 Å². The second kappa shape index (κ2) is 9.64. The number of rotatable bonds is 5. The molecule has 3 aliphatic heterocycles. The first-order valence-corrected chi connectivity index (χ1v) is 14.4. The van der Waals surface area contributed by atoms with Gasteiger partial charge in [-0.15, -0.1) is 0 Å². The maximum absolute atomic E-state index is 16.5. The van der Waals surface area contributed by atoms with Gasteiger partial charge in [-0.3, -0.25) is 4.79 Å². The molecule has 0 radical (unpaired) electrons. The molecule has 2 aromatic heterocycles. The number of carbonyl (C=O) groups is 1. The smallest absolute Gasteiger partial charge is 0.319 e. The van der Waals surface area contributed by atoms with E-state index >= 15 is 4.39 Å². The van der Waals surface area contributed by atoms with Crippen LogP contribution in [0.3, 0.4) is 0 Å². The van der Waals surface area contributed by atoms with Gasteiger partial charge in [-0.2, -0.15) is 9.97 Å². The third-order valence-corrected chi connectivity index (χ3v) is 9.37. The number of anilines is 2. The van der Waals surface area contributed by atoms with Crippen molar-refractivity contribution in [3.05, 3.63) is 34.9 Å². The van der Waals surface area contributed by atoms with Crippen LogP contribution < -0.4 is 20.7 Å². The molecule has 3 fully saturated rings. The number of benzene rings is 2. The molecule has 3 aliphatic rings. The summed E-state index contributed by atoms with van der Waals surface area (Å²) in [6, 6.07) is 4.90. The van der Waals surface area contributed by atoms with E-state index in [0.717, 1.165) is 24.2 Å². The molecular formula is C27H26ClF2N7O2S. The number of amides is 1. The van der Waals surface area contributed by atoms with Crippen molar-refractivity contribution in [2.24, 2.45) is 0 Å². The molecule has 40 heavy (non-hydrogen) atoms. The number of likely N-dealkylation sites (tertiary alicyclic amines) is 1. The van der Waals surface area contributed by atoms with Crippen molar-refractivity contribution in [1.82, 2.24) is 25.2 Å². The first kappa shape index (κ1) is 25.6. The summed E-state index contributed by atoms with van der Waals surface area (Å²) in [4.78, 5) is 29.3. The van der Waals surface area contributed by atoms with Crippen LogP contribution in [0.15, 0.2) is 18.2 Å². The lowest BCUT2D eigenvalue weighted by atomic mass is 10.0. The number of aromatic nitrogens is 3. The number of piperazine rings is 1. The van der Waals surface area contributed by atoms with E-state index in [1.807, 2.05) is 0 Å². The van der Waals surface area contributed by atoms with E-state index in [9.17, 15) is 9.18 Å². The number of fused-ring (bicyclic) bond motifs is 4. The molecule has 7 rings (SSSR count). The summed E-state index contributed by atoms with van der Waals surface area (Å²) in [5, 5.41) is 4.36. The summed E-state index contributed by atoms with van der Waals surface area (Å²) in [6.45, 7) is 1.61. The van der Waals surface area contributed by atoms with E-state index in [2.05, 4.69) is 20.2 Å². The summed E-state index contributed by atoms with van der Waals surface area (Å²) < 4.78 is 37.3. The van der Waals surface area contributed by atoms with Crippen molar-refractivity contribution in [3.63, 3.8) is 0 Å². The predicted molar refractivity (Wildman–Crippen MR) is 151 cm³/mol. The number of nitrogen functional groups attached to an aromatic ring is 1. The molecule has 9 nitrogen and oxygen atoms in total. The summed E-state index contributed by atoms with van der Waals surface area (Å²) >= 11 is 7.73. The number of nitrogens with one attached hydrogen (secondary N) is 1. The Labute approximate surface area is 237 Å². The fourth-order valence-electron chi connectivity index (χ4n) is 6.11. The minimum Gasteiger partial charge on any atom is -0.461 e. The third kappa shape index (κ3) is 4.20. The van der Waals surface area contributed by atoms with Crippen LogP contribution in [0.4, 0.5) is 19.7 Å². The lowest BCUT2D eigenvalue weighted by Gasteiger charge is -2.34. The Morgan fingerprint density at radius 3 is 2.65 bits per heavy atom. The molecule has 3 N–H and O–H groups in total. The highest BCUT2D eigenvalue weighted by Gasteiger charge is 2.35. The monoisotopic (exact) mass is 585 g/mol. The normalized spacial score (nSPS) is 22.7. The van der Waals surface area contributed by atoms with Crippen LogP contribution in [0.2, 0.25) is 5.02 Å². The number of ether oxygens (including phenoxy) is 1. The second-order valence-corrected chi connectivity index (χ2v) is 12.1. The maximum Gasteiger partial charge on any atom is 0.319 e. The fraction of sp³-hybridized carbons (Fsp3) is 0.407. The van der Waals surface area contributed by atoms with Gasteiger partial charge in [0, 0.05) is 55.2 Å². The topological polar surface area (TPSA) is 110 Å². The van der Waals surface area contributed by atoms with Crippen molar-refractivity contribution in [2.45, 2.75) is 43.8 Å². The van der Waals surface area contributed by atoms with Gasteiger partial charge >= 0.3 is 6.01 Å². The molecule has 2 aromatic carbocycles. The van der Waals surface area contributed by atoms with Crippen molar-refractivity contribution in [2.75, 3.05) is 37.4 Å². The van der Waals surface area contributed by atoms with Gasteiger partial charge in [0.25, 0.3) is 0 Å². The molecule has 3 saturated heterocycles. The molecule has 3 unspecified atom stereocenters. The Kier molecular flexibility index (Phi) is 6.17. The highest BCUT2D eigenvalue weighted by Crippen LogP contribution is 2.43. The largest absolute Gasteiger partial charge is 0.461 e. The Balaban J connectivity index is 1.37. The molecule has 2 bridgehead atoms. The number of thiazole rings is 1. The van der Waals surface area contributed by atoms with E-state index in [1.165, 1.54) is 12.1 Å². The zero-order chi connectivity index (χ0) is 27.7. The Morgan fingerprint density at radius 1 is 1.15 bits per heavy atom. The van der Waals surface area contributed by atoms with Crippen LogP contribution in [-0.4, -0.2) is 70.6 Å². The Morgan fingerprint density at radius 2 is 1.93 bits per heavy atom. The molecule has 0 aliphatic carbocycles. The molecule has 0 spiro atoms. The van der Waals surface area contributed by atoms with Crippen molar-refractivity contribution >= 4 is 60.9 Å². The fourth-order valence-corrected chi connectivity index (χ4v) is 7.16. The molecule has 1 amide bonds. The number of hydrogen-bond donors (Lipinski definition) is 2. The number of likely N-dealkylation sites (N-methyl/N-ethyl adjacent to an activating group) is 1. The van der Waals surface area contributed by atoms with Gasteiger partial charge in [0.1, 0.15) is 23.8 Å². The van der Waals surface area contributed by atoms with Crippen LogP contribution in [-0.2, 0) is 4.79 Å². The molecule has 3 atom stereocenters. The highest BCUT2D eigenvalue weighted by atomic mass is 35.5. The molecular weight excluding hydrogens is 560 g/mol. The van der Waals surface area contributed by atoms with Gasteiger partial charge in [0.2, 0.25) is 5.91 Å². The lowest BCUT2D eigenvalue weighted by Crippen LogP contribution is -2.51. The van der Waals surface area contributed by atoms with Gasteiger partial charge in [0.05, 0.1) is 21.3 Å². The molecule has 0 saturated carbocycles.